The lowest BCUT2D eigenvalue weighted by molar-refractivity contribution is -0.385. The van der Waals surface area contributed by atoms with Crippen molar-refractivity contribution in [3.05, 3.63) is 39.4 Å². The molecule has 0 fully saturated rings. The van der Waals surface area contributed by atoms with Crippen molar-refractivity contribution in [2.75, 3.05) is 13.7 Å². The summed E-state index contributed by atoms with van der Waals surface area (Å²) in [6.45, 7) is 0.726. The molecule has 1 rings (SSSR count). The molecule has 108 valence electrons. The SMILES string of the molecule is COCC(F)(F)c1cc([C@@H](C)N)cc([N+](=O)[O-])c1.Cl. The summed E-state index contributed by atoms with van der Waals surface area (Å²) in [5.41, 5.74) is 4.98. The number of hydrogen-bond donors (Lipinski definition) is 1. The maximum absolute atomic E-state index is 13.7. The van der Waals surface area contributed by atoms with E-state index in [9.17, 15) is 18.9 Å². The number of ether oxygens (including phenoxy) is 1. The first-order valence-corrected chi connectivity index (χ1v) is 5.20. The number of nitro groups is 1. The summed E-state index contributed by atoms with van der Waals surface area (Å²) in [5.74, 6) is -3.29. The molecule has 0 bridgehead atoms. The average molecular weight is 297 g/mol. The predicted octanol–water partition coefficient (Wildman–Crippen LogP) is 2.77. The molecule has 0 heterocycles. The van der Waals surface area contributed by atoms with Gasteiger partial charge in [-0.3, -0.25) is 10.1 Å². The molecule has 0 spiro atoms. The Bertz CT molecular complexity index is 456. The Balaban J connectivity index is 0.00000324. The van der Waals surface area contributed by atoms with Crippen LogP contribution in [0.3, 0.4) is 0 Å². The first-order chi connectivity index (χ1) is 8.27. The van der Waals surface area contributed by atoms with Gasteiger partial charge in [0, 0.05) is 30.8 Å². The van der Waals surface area contributed by atoms with Crippen molar-refractivity contribution in [2.24, 2.45) is 5.73 Å². The van der Waals surface area contributed by atoms with E-state index in [1.54, 1.807) is 6.92 Å². The van der Waals surface area contributed by atoms with E-state index in [2.05, 4.69) is 4.74 Å². The van der Waals surface area contributed by atoms with Crippen LogP contribution >= 0.6 is 12.4 Å². The Kier molecular flexibility index (Phi) is 6.28. The molecule has 8 heteroatoms. The fourth-order valence-corrected chi connectivity index (χ4v) is 1.48. The van der Waals surface area contributed by atoms with Crippen molar-refractivity contribution in [3.8, 4) is 0 Å². The van der Waals surface area contributed by atoms with Crippen LogP contribution in [0.5, 0.6) is 0 Å². The zero-order valence-corrected chi connectivity index (χ0v) is 11.2. The number of alkyl halides is 2. The number of halogens is 3. The van der Waals surface area contributed by atoms with E-state index in [1.807, 2.05) is 0 Å². The zero-order chi connectivity index (χ0) is 13.9. The van der Waals surface area contributed by atoms with Gasteiger partial charge in [-0.05, 0) is 18.6 Å². The molecule has 0 aliphatic carbocycles. The maximum Gasteiger partial charge on any atom is 0.296 e. The number of hydrogen-bond acceptors (Lipinski definition) is 4. The molecule has 1 aromatic rings. The standard InChI is InChI=1S/C11H14F2N2O3.ClH/c1-7(14)8-3-9(11(12,13)6-18-2)5-10(4-8)15(16)17;/h3-5,7H,6,14H2,1-2H3;1H/t7-;/m1./s1. The molecule has 19 heavy (non-hydrogen) atoms. The first kappa shape index (κ1) is 17.7. The molecular weight excluding hydrogens is 282 g/mol. The van der Waals surface area contributed by atoms with Gasteiger partial charge in [0.1, 0.15) is 6.61 Å². The average Bonchev–Trinajstić information content (AvgIpc) is 2.28. The van der Waals surface area contributed by atoms with Crippen molar-refractivity contribution in [1.82, 2.24) is 0 Å². The normalized spacial score (nSPS) is 12.7. The molecule has 1 atom stereocenters. The van der Waals surface area contributed by atoms with Crippen LogP contribution in [-0.2, 0) is 10.7 Å². The molecule has 0 radical (unpaired) electrons. The molecule has 0 saturated heterocycles. The van der Waals surface area contributed by atoms with E-state index in [4.69, 9.17) is 5.73 Å². The molecule has 0 aliphatic rings. The maximum atomic E-state index is 13.7. The molecule has 5 nitrogen and oxygen atoms in total. The minimum atomic E-state index is -3.29. The number of nitro benzene ring substituents is 1. The van der Waals surface area contributed by atoms with Crippen molar-refractivity contribution in [3.63, 3.8) is 0 Å². The Morgan fingerprint density at radius 3 is 2.47 bits per heavy atom. The summed E-state index contributed by atoms with van der Waals surface area (Å²) >= 11 is 0. The Hall–Kier alpha value is -1.31. The minimum absolute atomic E-state index is 0. The molecule has 2 N–H and O–H groups in total. The van der Waals surface area contributed by atoms with Gasteiger partial charge in [0.05, 0.1) is 4.92 Å². The van der Waals surface area contributed by atoms with Crippen LogP contribution in [0.15, 0.2) is 18.2 Å². The van der Waals surface area contributed by atoms with Crippen LogP contribution in [0.25, 0.3) is 0 Å². The third-order valence-electron chi connectivity index (χ3n) is 2.42. The van der Waals surface area contributed by atoms with Gasteiger partial charge in [0.2, 0.25) is 0 Å². The number of benzene rings is 1. The molecule has 0 saturated carbocycles. The van der Waals surface area contributed by atoms with Gasteiger partial charge in [-0.1, -0.05) is 0 Å². The van der Waals surface area contributed by atoms with Crippen LogP contribution in [0, 0.1) is 10.1 Å². The summed E-state index contributed by atoms with van der Waals surface area (Å²) < 4.78 is 31.7. The monoisotopic (exact) mass is 296 g/mol. The van der Waals surface area contributed by atoms with Crippen LogP contribution in [0.4, 0.5) is 14.5 Å². The molecule has 0 aliphatic heterocycles. The van der Waals surface area contributed by atoms with E-state index in [1.165, 1.54) is 6.07 Å². The largest absolute Gasteiger partial charge is 0.378 e. The summed E-state index contributed by atoms with van der Waals surface area (Å²) in [6.07, 6.45) is 0. The third-order valence-corrected chi connectivity index (χ3v) is 2.42. The van der Waals surface area contributed by atoms with Crippen LogP contribution in [0.1, 0.15) is 24.1 Å². The highest BCUT2D eigenvalue weighted by atomic mass is 35.5. The highest BCUT2D eigenvalue weighted by Crippen LogP contribution is 2.32. The van der Waals surface area contributed by atoms with Crippen LogP contribution < -0.4 is 5.73 Å². The van der Waals surface area contributed by atoms with E-state index >= 15 is 0 Å². The number of nitrogens with two attached hydrogens (primary N) is 1. The van der Waals surface area contributed by atoms with Gasteiger partial charge in [0.25, 0.3) is 11.6 Å². The number of methoxy groups -OCH3 is 1. The van der Waals surface area contributed by atoms with Gasteiger partial charge < -0.3 is 10.5 Å². The van der Waals surface area contributed by atoms with Crippen molar-refractivity contribution in [1.29, 1.82) is 0 Å². The molecule has 0 amide bonds. The minimum Gasteiger partial charge on any atom is -0.378 e. The highest BCUT2D eigenvalue weighted by Gasteiger charge is 2.33. The quantitative estimate of drug-likeness (QED) is 0.669. The zero-order valence-electron chi connectivity index (χ0n) is 10.4. The van der Waals surface area contributed by atoms with Gasteiger partial charge >= 0.3 is 0 Å². The molecule has 1 aromatic carbocycles. The van der Waals surface area contributed by atoms with E-state index in [0.29, 0.717) is 0 Å². The first-order valence-electron chi connectivity index (χ1n) is 5.20. The fraction of sp³-hybridized carbons (Fsp3) is 0.455. The summed E-state index contributed by atoms with van der Waals surface area (Å²) in [7, 11) is 1.14. The number of non-ortho nitro benzene ring substituents is 1. The lowest BCUT2D eigenvalue weighted by Crippen LogP contribution is -2.21. The number of rotatable bonds is 5. The van der Waals surface area contributed by atoms with Crippen molar-refractivity contribution < 1.29 is 18.4 Å². The van der Waals surface area contributed by atoms with Crippen molar-refractivity contribution in [2.45, 2.75) is 18.9 Å². The van der Waals surface area contributed by atoms with Crippen LogP contribution in [0.2, 0.25) is 0 Å². The van der Waals surface area contributed by atoms with E-state index in [-0.39, 0.29) is 18.0 Å². The molecule has 0 aromatic heterocycles. The Morgan fingerprint density at radius 2 is 2.05 bits per heavy atom. The second kappa shape index (κ2) is 6.74. The van der Waals surface area contributed by atoms with Crippen molar-refractivity contribution >= 4 is 18.1 Å². The lowest BCUT2D eigenvalue weighted by Gasteiger charge is -2.17. The summed E-state index contributed by atoms with van der Waals surface area (Å²) in [5, 5.41) is 10.7. The Morgan fingerprint density at radius 1 is 1.47 bits per heavy atom. The summed E-state index contributed by atoms with van der Waals surface area (Å²) in [4.78, 5) is 9.98. The molecule has 0 unspecified atom stereocenters. The second-order valence-corrected chi connectivity index (χ2v) is 4.00. The van der Waals surface area contributed by atoms with Gasteiger partial charge in [0.15, 0.2) is 0 Å². The van der Waals surface area contributed by atoms with Gasteiger partial charge in [-0.2, -0.15) is 8.78 Å². The second-order valence-electron chi connectivity index (χ2n) is 4.00. The topological polar surface area (TPSA) is 78.4 Å². The van der Waals surface area contributed by atoms with E-state index in [0.717, 1.165) is 19.2 Å². The third kappa shape index (κ3) is 4.38. The lowest BCUT2D eigenvalue weighted by atomic mass is 10.0. The summed E-state index contributed by atoms with van der Waals surface area (Å²) in [6, 6.07) is 2.63. The fourth-order valence-electron chi connectivity index (χ4n) is 1.48. The predicted molar refractivity (Wildman–Crippen MR) is 68.7 cm³/mol. The Labute approximate surface area is 115 Å². The van der Waals surface area contributed by atoms with Crippen LogP contribution in [-0.4, -0.2) is 18.6 Å². The highest BCUT2D eigenvalue weighted by molar-refractivity contribution is 5.85. The van der Waals surface area contributed by atoms with Gasteiger partial charge in [-0.25, -0.2) is 0 Å². The number of nitrogens with zero attached hydrogens (tertiary/aromatic N) is 1. The molecular formula is C11H15ClF2N2O3. The van der Waals surface area contributed by atoms with E-state index < -0.39 is 34.7 Å². The van der Waals surface area contributed by atoms with Gasteiger partial charge in [-0.15, -0.1) is 12.4 Å². The smallest absolute Gasteiger partial charge is 0.296 e.